The lowest BCUT2D eigenvalue weighted by atomic mass is 9.49. The van der Waals surface area contributed by atoms with Crippen LogP contribution in [0.15, 0.2) is 24.4 Å². The van der Waals surface area contributed by atoms with E-state index in [1.807, 2.05) is 26.0 Å². The van der Waals surface area contributed by atoms with Gasteiger partial charge in [0.05, 0.1) is 0 Å². The monoisotopic (exact) mass is 355 g/mol. The fraction of sp³-hybridized carbons (Fsp3) is 0.667. The lowest BCUT2D eigenvalue weighted by Gasteiger charge is -2.55. The summed E-state index contributed by atoms with van der Waals surface area (Å²) in [5.41, 5.74) is -0.229. The molecule has 4 bridgehead atoms. The van der Waals surface area contributed by atoms with E-state index in [0.29, 0.717) is 23.6 Å². The molecular weight excluding hydrogens is 326 g/mol. The molecule has 2 amide bonds. The Labute approximate surface area is 155 Å². The molecule has 5 rings (SSSR count). The summed E-state index contributed by atoms with van der Waals surface area (Å²) in [5.74, 6) is 2.61. The molecule has 0 saturated heterocycles. The Kier molecular flexibility index (Phi) is 4.49. The van der Waals surface area contributed by atoms with Gasteiger partial charge >= 0.3 is 0 Å². The number of anilines is 1. The Morgan fingerprint density at radius 3 is 2.19 bits per heavy atom. The summed E-state index contributed by atoms with van der Waals surface area (Å²) in [5, 5.41) is 5.95. The maximum atomic E-state index is 13.3. The van der Waals surface area contributed by atoms with Gasteiger partial charge in [-0.05, 0) is 74.3 Å². The Balaban J connectivity index is 1.46. The fourth-order valence-electron chi connectivity index (χ4n) is 5.86. The van der Waals surface area contributed by atoms with Crippen LogP contribution in [-0.4, -0.2) is 22.8 Å². The van der Waals surface area contributed by atoms with Crippen LogP contribution in [0.1, 0.15) is 52.4 Å². The van der Waals surface area contributed by atoms with Crippen molar-refractivity contribution in [3.8, 4) is 0 Å². The number of carbonyl (C=O) groups is 2. The number of amides is 2. The predicted molar refractivity (Wildman–Crippen MR) is 100 cm³/mol. The van der Waals surface area contributed by atoms with Crippen LogP contribution in [0.5, 0.6) is 0 Å². The normalized spacial score (nSPS) is 33.1. The summed E-state index contributed by atoms with van der Waals surface area (Å²) < 4.78 is 0. The van der Waals surface area contributed by atoms with Gasteiger partial charge in [-0.15, -0.1) is 0 Å². The lowest BCUT2D eigenvalue weighted by Crippen LogP contribution is -2.57. The van der Waals surface area contributed by atoms with Crippen LogP contribution in [0.2, 0.25) is 0 Å². The molecule has 26 heavy (non-hydrogen) atoms. The minimum Gasteiger partial charge on any atom is -0.344 e. The van der Waals surface area contributed by atoms with Gasteiger partial charge in [-0.25, -0.2) is 4.98 Å². The van der Waals surface area contributed by atoms with Crippen molar-refractivity contribution >= 4 is 17.6 Å². The molecule has 0 unspecified atom stereocenters. The molecule has 4 saturated carbocycles. The van der Waals surface area contributed by atoms with Crippen LogP contribution in [0.4, 0.5) is 5.82 Å². The third-order valence-electron chi connectivity index (χ3n) is 6.67. The van der Waals surface area contributed by atoms with Gasteiger partial charge in [0, 0.05) is 11.6 Å². The summed E-state index contributed by atoms with van der Waals surface area (Å²) in [6.45, 7) is 3.95. The van der Waals surface area contributed by atoms with Crippen LogP contribution in [-0.2, 0) is 9.59 Å². The van der Waals surface area contributed by atoms with Gasteiger partial charge in [0.15, 0.2) is 0 Å². The second-order valence-corrected chi connectivity index (χ2v) is 9.10. The Hall–Kier alpha value is -1.91. The van der Waals surface area contributed by atoms with Gasteiger partial charge < -0.3 is 10.6 Å². The van der Waals surface area contributed by atoms with Crippen molar-refractivity contribution < 1.29 is 9.59 Å². The van der Waals surface area contributed by atoms with Crippen molar-refractivity contribution in [1.82, 2.24) is 10.3 Å². The zero-order chi connectivity index (χ0) is 18.3. The van der Waals surface area contributed by atoms with Crippen molar-refractivity contribution in [3.05, 3.63) is 24.4 Å². The van der Waals surface area contributed by atoms with Crippen molar-refractivity contribution in [3.63, 3.8) is 0 Å². The van der Waals surface area contributed by atoms with Crippen molar-refractivity contribution in [2.24, 2.45) is 29.1 Å². The third-order valence-corrected chi connectivity index (χ3v) is 6.67. The van der Waals surface area contributed by atoms with Crippen molar-refractivity contribution in [2.75, 3.05) is 5.32 Å². The lowest BCUT2D eigenvalue weighted by molar-refractivity contribution is -0.148. The molecule has 5 nitrogen and oxygen atoms in total. The van der Waals surface area contributed by atoms with Crippen LogP contribution < -0.4 is 10.6 Å². The number of hydrogen-bond donors (Lipinski definition) is 2. The molecular formula is C21H29N3O2. The molecule has 1 aromatic rings. The van der Waals surface area contributed by atoms with Crippen LogP contribution in [0.25, 0.3) is 0 Å². The van der Waals surface area contributed by atoms with Crippen LogP contribution in [0.3, 0.4) is 0 Å². The molecule has 1 aromatic heterocycles. The largest absolute Gasteiger partial charge is 0.344 e. The summed E-state index contributed by atoms with van der Waals surface area (Å²) >= 11 is 0. The zero-order valence-electron chi connectivity index (χ0n) is 15.7. The third kappa shape index (κ3) is 3.24. The number of nitrogens with one attached hydrogen (secondary N) is 2. The number of carbonyl (C=O) groups excluding carboxylic acids is 2. The second-order valence-electron chi connectivity index (χ2n) is 9.10. The molecule has 4 fully saturated rings. The topological polar surface area (TPSA) is 71.1 Å². The highest BCUT2D eigenvalue weighted by atomic mass is 16.2. The first-order valence-electron chi connectivity index (χ1n) is 9.98. The van der Waals surface area contributed by atoms with E-state index >= 15 is 0 Å². The Bertz CT molecular complexity index is 650. The molecule has 5 heteroatoms. The molecule has 0 aliphatic heterocycles. The first kappa shape index (κ1) is 17.5. The van der Waals surface area contributed by atoms with Gasteiger partial charge in [-0.3, -0.25) is 9.59 Å². The first-order chi connectivity index (χ1) is 12.4. The van der Waals surface area contributed by atoms with Gasteiger partial charge in [-0.1, -0.05) is 19.9 Å². The van der Waals surface area contributed by atoms with E-state index < -0.39 is 6.04 Å². The van der Waals surface area contributed by atoms with Gasteiger partial charge in [0.25, 0.3) is 0 Å². The van der Waals surface area contributed by atoms with E-state index in [4.69, 9.17) is 0 Å². The smallest absolute Gasteiger partial charge is 0.248 e. The van der Waals surface area contributed by atoms with Crippen molar-refractivity contribution in [1.29, 1.82) is 0 Å². The van der Waals surface area contributed by atoms with Crippen LogP contribution in [0, 0.1) is 29.1 Å². The minimum absolute atomic E-state index is 0.0246. The second kappa shape index (κ2) is 6.67. The number of nitrogens with zero attached hydrogens (tertiary/aromatic N) is 1. The molecule has 4 aliphatic carbocycles. The Morgan fingerprint density at radius 1 is 1.08 bits per heavy atom. The van der Waals surface area contributed by atoms with E-state index in [-0.39, 0.29) is 23.1 Å². The standard InChI is InChI=1S/C21H29N3O2/c1-13(2)18(19(25)23-17-5-3-4-6-22-17)24-20(26)21-10-14-7-15(11-21)9-16(8-14)12-21/h3-6,13-16,18H,7-12H2,1-2H3,(H,24,26)(H,22,23,25)/t14?,15?,16?,18-,21?/m1/s1. The van der Waals surface area contributed by atoms with E-state index in [1.165, 1.54) is 19.3 Å². The molecule has 0 radical (unpaired) electrons. The summed E-state index contributed by atoms with van der Waals surface area (Å²) in [6, 6.07) is 4.87. The van der Waals surface area contributed by atoms with E-state index in [1.54, 1.807) is 12.3 Å². The number of pyridine rings is 1. The van der Waals surface area contributed by atoms with Crippen molar-refractivity contribution in [2.45, 2.75) is 58.4 Å². The van der Waals surface area contributed by atoms with Gasteiger partial charge in [0.1, 0.15) is 11.9 Å². The summed E-state index contributed by atoms with van der Waals surface area (Å²) in [4.78, 5) is 30.2. The summed E-state index contributed by atoms with van der Waals surface area (Å²) in [7, 11) is 0. The van der Waals surface area contributed by atoms with E-state index in [9.17, 15) is 9.59 Å². The molecule has 1 heterocycles. The highest BCUT2D eigenvalue weighted by molar-refractivity contribution is 5.97. The maximum Gasteiger partial charge on any atom is 0.248 e. The Morgan fingerprint density at radius 2 is 1.69 bits per heavy atom. The van der Waals surface area contributed by atoms with Gasteiger partial charge in [0.2, 0.25) is 11.8 Å². The molecule has 1 atom stereocenters. The van der Waals surface area contributed by atoms with E-state index in [2.05, 4.69) is 15.6 Å². The highest BCUT2D eigenvalue weighted by Gasteiger charge is 2.55. The molecule has 4 aliphatic rings. The SMILES string of the molecule is CC(C)[C@@H](NC(=O)C12CC3CC(CC(C3)C1)C2)C(=O)Nc1ccccn1. The minimum atomic E-state index is -0.530. The number of hydrogen-bond acceptors (Lipinski definition) is 3. The van der Waals surface area contributed by atoms with Crippen LogP contribution >= 0.6 is 0 Å². The quantitative estimate of drug-likeness (QED) is 0.850. The first-order valence-corrected chi connectivity index (χ1v) is 9.98. The summed E-state index contributed by atoms with van der Waals surface area (Å²) in [6.07, 6.45) is 8.60. The average Bonchev–Trinajstić information content (AvgIpc) is 2.58. The molecule has 2 N–H and O–H groups in total. The zero-order valence-corrected chi connectivity index (χ0v) is 15.7. The number of aromatic nitrogens is 1. The highest BCUT2D eigenvalue weighted by Crippen LogP contribution is 2.60. The predicted octanol–water partition coefficient (Wildman–Crippen LogP) is 3.38. The molecule has 0 aromatic carbocycles. The molecule has 0 spiro atoms. The maximum absolute atomic E-state index is 13.3. The molecule has 140 valence electrons. The average molecular weight is 355 g/mol. The van der Waals surface area contributed by atoms with E-state index in [0.717, 1.165) is 19.3 Å². The van der Waals surface area contributed by atoms with Gasteiger partial charge in [-0.2, -0.15) is 0 Å². The fourth-order valence-corrected chi connectivity index (χ4v) is 5.86. The number of rotatable bonds is 5.